The summed E-state index contributed by atoms with van der Waals surface area (Å²) >= 11 is 0. The van der Waals surface area contributed by atoms with Crippen LogP contribution in [0, 0.1) is 0 Å². The first-order valence-corrected chi connectivity index (χ1v) is 5.29. The first-order valence-electron chi connectivity index (χ1n) is 5.29. The van der Waals surface area contributed by atoms with Gasteiger partial charge in [-0.05, 0) is 11.5 Å². The summed E-state index contributed by atoms with van der Waals surface area (Å²) in [5.74, 6) is 0. The smallest absolute Gasteiger partial charge is 0.458 e. The van der Waals surface area contributed by atoms with Crippen molar-refractivity contribution in [1.82, 2.24) is 0 Å². The van der Waals surface area contributed by atoms with E-state index in [0.29, 0.717) is 6.07 Å². The molecule has 0 amide bonds. The molecule has 0 saturated carbocycles. The number of halogens is 6. The molecule has 0 radical (unpaired) electrons. The molecule has 1 aromatic rings. The Bertz CT molecular complexity index is 485. The Kier molecular flexibility index (Phi) is 4.08. The Morgan fingerprint density at radius 3 is 2.00 bits per heavy atom. The Balaban J connectivity index is 2.56. The molecule has 0 atom stereocenters. The predicted octanol–water partition coefficient (Wildman–Crippen LogP) is 1.02. The van der Waals surface area contributed by atoms with Gasteiger partial charge in [-0.25, -0.2) is 0 Å². The molecular weight excluding hydrogens is 291 g/mol. The van der Waals surface area contributed by atoms with Crippen LogP contribution in [0.2, 0.25) is 0 Å². The highest BCUT2D eigenvalue weighted by molar-refractivity contribution is 6.72. The third-order valence-electron chi connectivity index (χ3n) is 2.54. The topological polar surface area (TPSA) is 27.7 Å². The molecule has 20 heavy (non-hydrogen) atoms. The molecule has 0 N–H and O–H groups in total. The van der Waals surface area contributed by atoms with Crippen molar-refractivity contribution in [1.29, 1.82) is 0 Å². The monoisotopic (exact) mass is 296 g/mol. The van der Waals surface area contributed by atoms with Gasteiger partial charge in [0.25, 0.3) is 0 Å². The second-order valence-electron chi connectivity index (χ2n) is 3.87. The average Bonchev–Trinajstić information content (AvgIpc) is 2.37. The number of alkyl halides is 6. The molecule has 0 aliphatic carbocycles. The Morgan fingerprint density at radius 1 is 0.900 bits per heavy atom. The number of hydrogen-bond donors (Lipinski definition) is 0. The van der Waals surface area contributed by atoms with E-state index >= 15 is 0 Å². The van der Waals surface area contributed by atoms with Gasteiger partial charge in [0.2, 0.25) is 0 Å². The third-order valence-corrected chi connectivity index (χ3v) is 2.54. The summed E-state index contributed by atoms with van der Waals surface area (Å²) in [7, 11) is -2.28. The molecule has 1 heterocycles. The molecule has 1 aromatic carbocycles. The van der Waals surface area contributed by atoms with E-state index < -0.39 is 36.1 Å². The molecule has 1 fully saturated rings. The standard InChI is InChI=1S/C8H5B3F6O3/c12-7(13,14)4-2-1-3-5(6(4)8(15,16)17)11-19-9-18-10-20-11/h1-3,9-10H. The van der Waals surface area contributed by atoms with Gasteiger partial charge >= 0.3 is 34.8 Å². The number of hydrogen-bond acceptors (Lipinski definition) is 3. The van der Waals surface area contributed by atoms with E-state index in [0.717, 1.165) is 12.1 Å². The second kappa shape index (κ2) is 5.34. The molecule has 12 heteroatoms. The van der Waals surface area contributed by atoms with Crippen LogP contribution in [-0.4, -0.2) is 22.5 Å². The first-order chi connectivity index (χ1) is 9.21. The lowest BCUT2D eigenvalue weighted by Crippen LogP contribution is -2.47. The van der Waals surface area contributed by atoms with Gasteiger partial charge in [0.05, 0.1) is 11.1 Å². The molecule has 1 aliphatic heterocycles. The molecule has 1 aliphatic rings. The Morgan fingerprint density at radius 2 is 1.50 bits per heavy atom. The van der Waals surface area contributed by atoms with Crippen LogP contribution in [0.15, 0.2) is 18.2 Å². The van der Waals surface area contributed by atoms with Crippen LogP contribution in [0.25, 0.3) is 0 Å². The van der Waals surface area contributed by atoms with Crippen molar-refractivity contribution in [2.24, 2.45) is 0 Å². The number of rotatable bonds is 1. The molecule has 0 unspecified atom stereocenters. The van der Waals surface area contributed by atoms with Crippen molar-refractivity contribution in [2.45, 2.75) is 12.4 Å². The predicted molar refractivity (Wildman–Crippen MR) is 59.4 cm³/mol. The molecule has 2 rings (SSSR count). The summed E-state index contributed by atoms with van der Waals surface area (Å²) in [6, 6.07) is 2.12. The summed E-state index contributed by atoms with van der Waals surface area (Å²) in [6.07, 6.45) is -10.3. The average molecular weight is 296 g/mol. The molecule has 0 aromatic heterocycles. The van der Waals surface area contributed by atoms with Gasteiger partial charge in [-0.15, -0.1) is 0 Å². The van der Waals surface area contributed by atoms with Crippen molar-refractivity contribution in [3.8, 4) is 0 Å². The molecule has 106 valence electrons. The van der Waals surface area contributed by atoms with Crippen molar-refractivity contribution >= 4 is 28.0 Å². The van der Waals surface area contributed by atoms with E-state index in [1.165, 1.54) is 0 Å². The van der Waals surface area contributed by atoms with E-state index in [1.54, 1.807) is 0 Å². The van der Waals surface area contributed by atoms with Gasteiger partial charge < -0.3 is 13.7 Å². The van der Waals surface area contributed by atoms with Crippen molar-refractivity contribution in [3.05, 3.63) is 29.3 Å². The fourth-order valence-electron chi connectivity index (χ4n) is 1.80. The van der Waals surface area contributed by atoms with Crippen LogP contribution in [-0.2, 0) is 26.1 Å². The van der Waals surface area contributed by atoms with E-state index in [9.17, 15) is 26.3 Å². The first kappa shape index (κ1) is 15.3. The maximum absolute atomic E-state index is 13.0. The summed E-state index contributed by atoms with van der Waals surface area (Å²) in [6.45, 7) is 0. The van der Waals surface area contributed by atoms with Crippen molar-refractivity contribution < 1.29 is 40.1 Å². The lowest BCUT2D eigenvalue weighted by molar-refractivity contribution is -0.161. The van der Waals surface area contributed by atoms with Gasteiger partial charge in [-0.3, -0.25) is 0 Å². The largest absolute Gasteiger partial charge is 0.466 e. The summed E-state index contributed by atoms with van der Waals surface area (Å²) < 4.78 is 91.1. The highest BCUT2D eigenvalue weighted by Crippen LogP contribution is 2.39. The zero-order valence-electron chi connectivity index (χ0n) is 9.72. The van der Waals surface area contributed by atoms with Crippen LogP contribution in [0.4, 0.5) is 26.3 Å². The van der Waals surface area contributed by atoms with Crippen LogP contribution >= 0.6 is 0 Å². The van der Waals surface area contributed by atoms with Crippen LogP contribution in [0.3, 0.4) is 0 Å². The molecule has 0 bridgehead atoms. The van der Waals surface area contributed by atoms with Gasteiger partial charge in [0.15, 0.2) is 0 Å². The van der Waals surface area contributed by atoms with Crippen LogP contribution < -0.4 is 5.46 Å². The maximum atomic E-state index is 13.0. The lowest BCUT2D eigenvalue weighted by Gasteiger charge is -2.24. The Labute approximate surface area is 110 Å². The van der Waals surface area contributed by atoms with Gasteiger partial charge in [-0.2, -0.15) is 26.3 Å². The van der Waals surface area contributed by atoms with Crippen LogP contribution in [0.5, 0.6) is 0 Å². The third kappa shape index (κ3) is 3.13. The minimum Gasteiger partial charge on any atom is -0.458 e. The zero-order chi connectivity index (χ0) is 15.0. The minimum atomic E-state index is -5.19. The second-order valence-corrected chi connectivity index (χ2v) is 3.87. The highest BCUT2D eigenvalue weighted by Gasteiger charge is 2.47. The summed E-state index contributed by atoms with van der Waals surface area (Å²) in [5, 5.41) is 0. The summed E-state index contributed by atoms with van der Waals surface area (Å²) in [5.41, 5.74) is -4.31. The van der Waals surface area contributed by atoms with Gasteiger partial charge in [0, 0.05) is 0 Å². The van der Waals surface area contributed by atoms with E-state index in [-0.39, 0.29) is 15.4 Å². The highest BCUT2D eigenvalue weighted by atomic mass is 19.4. The fourth-order valence-corrected chi connectivity index (χ4v) is 1.80. The van der Waals surface area contributed by atoms with Gasteiger partial charge in [0.1, 0.15) is 0 Å². The molecule has 3 nitrogen and oxygen atoms in total. The summed E-state index contributed by atoms with van der Waals surface area (Å²) in [4.78, 5) is 0. The zero-order valence-corrected chi connectivity index (χ0v) is 9.72. The minimum absolute atomic E-state index is 0.363. The quantitative estimate of drug-likeness (QED) is 0.572. The molecular formula is C8H5B3F6O3. The molecule has 0 spiro atoms. The fraction of sp³-hybridized carbons (Fsp3) is 0.250. The maximum Gasteiger partial charge on any atom is 0.466 e. The van der Waals surface area contributed by atoms with E-state index in [1.807, 2.05) is 0 Å². The van der Waals surface area contributed by atoms with Crippen molar-refractivity contribution in [2.75, 3.05) is 0 Å². The van der Waals surface area contributed by atoms with E-state index in [2.05, 4.69) is 4.57 Å². The lowest BCUT2D eigenvalue weighted by atomic mass is 9.71. The molecule has 1 saturated heterocycles. The van der Waals surface area contributed by atoms with E-state index in [4.69, 9.17) is 9.14 Å². The van der Waals surface area contributed by atoms with Gasteiger partial charge in [-0.1, -0.05) is 12.1 Å². The SMILES string of the molecule is FC(F)(F)c1cccc(B2OBOBO2)c1C(F)(F)F. The van der Waals surface area contributed by atoms with Crippen molar-refractivity contribution in [3.63, 3.8) is 0 Å². The van der Waals surface area contributed by atoms with Crippen LogP contribution in [0.1, 0.15) is 11.1 Å². The normalized spacial score (nSPS) is 16.6. The number of benzene rings is 1. The Hall–Kier alpha value is -1.13.